The highest BCUT2D eigenvalue weighted by Crippen LogP contribution is 2.27. The molecule has 0 saturated heterocycles. The Hall–Kier alpha value is -3.88. The van der Waals surface area contributed by atoms with Gasteiger partial charge in [0.2, 0.25) is 0 Å². The van der Waals surface area contributed by atoms with Gasteiger partial charge in [0, 0.05) is 24.8 Å². The minimum absolute atomic E-state index is 0.200. The van der Waals surface area contributed by atoms with E-state index in [9.17, 15) is 4.79 Å². The van der Waals surface area contributed by atoms with Crippen LogP contribution >= 0.6 is 0 Å². The van der Waals surface area contributed by atoms with Crippen molar-refractivity contribution >= 4 is 23.4 Å². The third-order valence-electron chi connectivity index (χ3n) is 4.19. The Morgan fingerprint density at radius 3 is 2.30 bits per heavy atom. The van der Waals surface area contributed by atoms with Crippen LogP contribution in [-0.2, 0) is 0 Å². The van der Waals surface area contributed by atoms with Crippen molar-refractivity contribution in [1.82, 2.24) is 20.5 Å². The van der Waals surface area contributed by atoms with Gasteiger partial charge in [0.1, 0.15) is 11.6 Å². The summed E-state index contributed by atoms with van der Waals surface area (Å²) in [5.74, 6) is 2.79. The summed E-state index contributed by atoms with van der Waals surface area (Å²) in [6.45, 7) is 2.90. The summed E-state index contributed by atoms with van der Waals surface area (Å²) in [5, 5.41) is 17.3. The Balaban J connectivity index is 1.45. The SMILES string of the molecule is COc1ccc(C(=O)NCCNc2ccc(Nc3ccc(C)cn3)nn2)cc1OC. The number of carbonyl (C=O) groups is 1. The van der Waals surface area contributed by atoms with E-state index in [0.29, 0.717) is 47.6 Å². The molecule has 1 amide bonds. The summed E-state index contributed by atoms with van der Waals surface area (Å²) >= 11 is 0. The number of ether oxygens (including phenoxy) is 2. The van der Waals surface area contributed by atoms with Crippen molar-refractivity contribution < 1.29 is 14.3 Å². The van der Waals surface area contributed by atoms with E-state index < -0.39 is 0 Å². The molecule has 30 heavy (non-hydrogen) atoms. The van der Waals surface area contributed by atoms with Crippen molar-refractivity contribution in [2.24, 2.45) is 0 Å². The van der Waals surface area contributed by atoms with Crippen LogP contribution in [0.5, 0.6) is 11.5 Å². The van der Waals surface area contributed by atoms with Gasteiger partial charge in [-0.3, -0.25) is 4.79 Å². The molecule has 156 valence electrons. The molecular formula is C21H24N6O3. The van der Waals surface area contributed by atoms with Gasteiger partial charge in [-0.25, -0.2) is 4.98 Å². The number of amides is 1. The van der Waals surface area contributed by atoms with Gasteiger partial charge in [-0.2, -0.15) is 0 Å². The predicted octanol–water partition coefficient (Wildman–Crippen LogP) is 2.78. The average Bonchev–Trinajstić information content (AvgIpc) is 2.78. The minimum Gasteiger partial charge on any atom is -0.493 e. The molecule has 0 spiro atoms. The van der Waals surface area contributed by atoms with Gasteiger partial charge in [-0.1, -0.05) is 6.07 Å². The van der Waals surface area contributed by atoms with Crippen molar-refractivity contribution in [3.8, 4) is 11.5 Å². The number of nitrogens with zero attached hydrogens (tertiary/aromatic N) is 3. The normalized spacial score (nSPS) is 10.2. The van der Waals surface area contributed by atoms with Crippen LogP contribution in [-0.4, -0.2) is 48.4 Å². The van der Waals surface area contributed by atoms with Crippen LogP contribution < -0.4 is 25.4 Å². The number of aromatic nitrogens is 3. The third-order valence-corrected chi connectivity index (χ3v) is 4.19. The van der Waals surface area contributed by atoms with Gasteiger partial charge < -0.3 is 25.4 Å². The number of methoxy groups -OCH3 is 2. The summed E-state index contributed by atoms with van der Waals surface area (Å²) in [4.78, 5) is 16.6. The number of aryl methyl sites for hydroxylation is 1. The van der Waals surface area contributed by atoms with Crippen molar-refractivity contribution in [3.63, 3.8) is 0 Å². The van der Waals surface area contributed by atoms with E-state index in [0.717, 1.165) is 5.56 Å². The number of anilines is 3. The molecule has 0 atom stereocenters. The lowest BCUT2D eigenvalue weighted by atomic mass is 10.2. The molecule has 9 nitrogen and oxygen atoms in total. The summed E-state index contributed by atoms with van der Waals surface area (Å²) in [6.07, 6.45) is 1.78. The van der Waals surface area contributed by atoms with E-state index in [-0.39, 0.29) is 5.91 Å². The van der Waals surface area contributed by atoms with Crippen molar-refractivity contribution in [2.45, 2.75) is 6.92 Å². The Bertz CT molecular complexity index is 977. The number of rotatable bonds is 9. The molecule has 0 aliphatic rings. The third kappa shape index (κ3) is 5.57. The van der Waals surface area contributed by atoms with Crippen LogP contribution in [0.4, 0.5) is 17.5 Å². The molecule has 3 rings (SSSR count). The van der Waals surface area contributed by atoms with Crippen molar-refractivity contribution in [1.29, 1.82) is 0 Å². The molecule has 0 aliphatic heterocycles. The summed E-state index contributed by atoms with van der Waals surface area (Å²) in [5.41, 5.74) is 1.58. The molecular weight excluding hydrogens is 384 g/mol. The van der Waals surface area contributed by atoms with Crippen LogP contribution in [0, 0.1) is 6.92 Å². The maximum Gasteiger partial charge on any atom is 0.251 e. The molecule has 3 N–H and O–H groups in total. The van der Waals surface area contributed by atoms with Gasteiger partial charge in [0.25, 0.3) is 5.91 Å². The smallest absolute Gasteiger partial charge is 0.251 e. The maximum absolute atomic E-state index is 12.3. The number of nitrogens with one attached hydrogen (secondary N) is 3. The van der Waals surface area contributed by atoms with Crippen LogP contribution in [0.25, 0.3) is 0 Å². The van der Waals surface area contributed by atoms with E-state index >= 15 is 0 Å². The first-order valence-electron chi connectivity index (χ1n) is 9.36. The standard InChI is InChI=1S/C21H24N6O3/c1-14-4-7-18(24-13-14)25-20-9-8-19(26-27-20)22-10-11-23-21(28)15-5-6-16(29-2)17(12-15)30-3/h4-9,12-13H,10-11H2,1-3H3,(H,22,26)(H,23,28)(H,24,25,27). The second-order valence-corrected chi connectivity index (χ2v) is 6.40. The van der Waals surface area contributed by atoms with E-state index in [4.69, 9.17) is 9.47 Å². The first kappa shape index (κ1) is 20.8. The lowest BCUT2D eigenvalue weighted by Gasteiger charge is -2.10. The molecule has 0 saturated carbocycles. The molecule has 9 heteroatoms. The summed E-state index contributed by atoms with van der Waals surface area (Å²) in [7, 11) is 3.08. The monoisotopic (exact) mass is 408 g/mol. The number of hydrogen-bond donors (Lipinski definition) is 3. The summed E-state index contributed by atoms with van der Waals surface area (Å²) < 4.78 is 10.4. The molecule has 2 heterocycles. The number of hydrogen-bond acceptors (Lipinski definition) is 8. The zero-order valence-electron chi connectivity index (χ0n) is 17.1. The lowest BCUT2D eigenvalue weighted by Crippen LogP contribution is -2.28. The second-order valence-electron chi connectivity index (χ2n) is 6.40. The van der Waals surface area contributed by atoms with E-state index in [1.807, 2.05) is 19.1 Å². The number of pyridine rings is 1. The molecule has 1 aromatic carbocycles. The molecule has 0 aliphatic carbocycles. The highest BCUT2D eigenvalue weighted by atomic mass is 16.5. The zero-order valence-corrected chi connectivity index (χ0v) is 17.1. The first-order valence-corrected chi connectivity index (χ1v) is 9.36. The highest BCUT2D eigenvalue weighted by molar-refractivity contribution is 5.94. The highest BCUT2D eigenvalue weighted by Gasteiger charge is 2.10. The molecule has 3 aromatic rings. The fourth-order valence-electron chi connectivity index (χ4n) is 2.61. The predicted molar refractivity (Wildman–Crippen MR) is 115 cm³/mol. The molecule has 0 radical (unpaired) electrons. The fourth-order valence-corrected chi connectivity index (χ4v) is 2.61. The fraction of sp³-hybridized carbons (Fsp3) is 0.238. The van der Waals surface area contributed by atoms with Crippen molar-refractivity contribution in [2.75, 3.05) is 37.9 Å². The average molecular weight is 408 g/mol. The van der Waals surface area contributed by atoms with Gasteiger partial charge in [-0.05, 0) is 48.9 Å². The summed E-state index contributed by atoms with van der Waals surface area (Å²) in [6, 6.07) is 12.5. The van der Waals surface area contributed by atoms with E-state index in [2.05, 4.69) is 31.1 Å². The molecule has 0 fully saturated rings. The minimum atomic E-state index is -0.200. The topological polar surface area (TPSA) is 110 Å². The van der Waals surface area contributed by atoms with Gasteiger partial charge in [0.15, 0.2) is 17.3 Å². The van der Waals surface area contributed by atoms with Crippen molar-refractivity contribution in [3.05, 3.63) is 59.8 Å². The largest absolute Gasteiger partial charge is 0.493 e. The quantitative estimate of drug-likeness (QED) is 0.464. The first-order chi connectivity index (χ1) is 14.6. The molecule has 0 unspecified atom stereocenters. The maximum atomic E-state index is 12.3. The zero-order chi connectivity index (χ0) is 21.3. The van der Waals surface area contributed by atoms with E-state index in [1.54, 1.807) is 43.6 Å². The Kier molecular flexibility index (Phi) is 6.99. The van der Waals surface area contributed by atoms with Crippen LogP contribution in [0.2, 0.25) is 0 Å². The molecule has 2 aromatic heterocycles. The van der Waals surface area contributed by atoms with Crippen LogP contribution in [0.15, 0.2) is 48.7 Å². The van der Waals surface area contributed by atoms with Crippen LogP contribution in [0.3, 0.4) is 0 Å². The Labute approximate surface area is 174 Å². The Morgan fingerprint density at radius 1 is 0.900 bits per heavy atom. The molecule has 0 bridgehead atoms. The van der Waals surface area contributed by atoms with Gasteiger partial charge in [-0.15, -0.1) is 10.2 Å². The lowest BCUT2D eigenvalue weighted by molar-refractivity contribution is 0.0954. The van der Waals surface area contributed by atoms with E-state index in [1.165, 1.54) is 7.11 Å². The van der Waals surface area contributed by atoms with Gasteiger partial charge >= 0.3 is 0 Å². The second kappa shape index (κ2) is 10.1. The number of benzene rings is 1. The van der Waals surface area contributed by atoms with Gasteiger partial charge in [0.05, 0.1) is 14.2 Å². The van der Waals surface area contributed by atoms with Crippen LogP contribution in [0.1, 0.15) is 15.9 Å². The number of carbonyl (C=O) groups excluding carboxylic acids is 1. The Morgan fingerprint density at radius 2 is 1.63 bits per heavy atom.